The third kappa shape index (κ3) is 56.3. The van der Waals surface area contributed by atoms with E-state index in [1.165, 1.54) is 0 Å². The summed E-state index contributed by atoms with van der Waals surface area (Å²) in [7, 11) is 12.3. The summed E-state index contributed by atoms with van der Waals surface area (Å²) in [6.07, 6.45) is 5.04. The van der Waals surface area contributed by atoms with E-state index in [4.69, 9.17) is 0 Å². The van der Waals surface area contributed by atoms with Crippen molar-refractivity contribution < 1.29 is 51.2 Å². The Labute approximate surface area is 287 Å². The molecule has 0 amide bonds. The Morgan fingerprint density at radius 3 is 1.34 bits per heavy atom. The van der Waals surface area contributed by atoms with Crippen LogP contribution in [0.2, 0.25) is 0 Å². The predicted octanol–water partition coefficient (Wildman–Crippen LogP) is 6.02. The first-order chi connectivity index (χ1) is 17.1. The van der Waals surface area contributed by atoms with Crippen LogP contribution in [-0.2, 0) is 51.2 Å². The molecule has 0 aliphatic heterocycles. The number of likely N-dealkylation sites (N-methyl/N-ethyl adjacent to an activating group) is 3. The molecule has 0 heterocycles. The average molecular weight is 730 g/mol. The molecular weight excluding hydrogens is 665 g/mol. The fourth-order valence-electron chi connectivity index (χ4n) is 2.00. The van der Waals surface area contributed by atoms with Gasteiger partial charge in [-0.25, -0.2) is 0 Å². The van der Waals surface area contributed by atoms with Crippen molar-refractivity contribution in [3.63, 3.8) is 0 Å². The maximum absolute atomic E-state index is 4.32. The summed E-state index contributed by atoms with van der Waals surface area (Å²) in [5.74, 6) is 0. The molecule has 41 heavy (non-hydrogen) atoms. The largest absolute Gasteiger partial charge is 1.00 e. The van der Waals surface area contributed by atoms with Gasteiger partial charge in [-0.1, -0.05) is 69.2 Å². The molecule has 0 bridgehead atoms. The third-order valence-corrected chi connectivity index (χ3v) is 4.38. The van der Waals surface area contributed by atoms with Gasteiger partial charge in [0.1, 0.15) is 0 Å². The zero-order valence-corrected chi connectivity index (χ0v) is 32.0. The van der Waals surface area contributed by atoms with Crippen molar-refractivity contribution in [3.05, 3.63) is 16.0 Å². The molecule has 0 aromatic carbocycles. The van der Waals surface area contributed by atoms with Crippen LogP contribution >= 0.6 is 0 Å². The monoisotopic (exact) mass is 727 g/mol. The van der Waals surface area contributed by atoms with E-state index >= 15 is 0 Å². The standard InChI is InChI=1S/2C10H22N3.C9H20N3.3Cu/c1-9(7-13(5)6)11-8-12-10(2,3)4;1-9(13(5)6)7-11-8-12-10(2,3)4;1-9(2,3)11-8-10-6-7-12(4)5;;;/h2*8-9H,7H2,1-6H3;8H,6-7H2,1-5H3;;;/q3*-1;3*+1. The molecular formula is C29H64Cu3N9. The van der Waals surface area contributed by atoms with Gasteiger partial charge in [0.25, 0.3) is 0 Å². The number of hydrogen-bond acceptors (Lipinski definition) is 6. The Morgan fingerprint density at radius 2 is 1.00 bits per heavy atom. The summed E-state index contributed by atoms with van der Waals surface area (Å²) in [5, 5.41) is 12.7. The van der Waals surface area contributed by atoms with Crippen molar-refractivity contribution in [1.29, 1.82) is 0 Å². The Balaban J connectivity index is -0.000000108. The van der Waals surface area contributed by atoms with E-state index in [9.17, 15) is 0 Å². The van der Waals surface area contributed by atoms with Gasteiger partial charge in [-0.3, -0.25) is 0 Å². The van der Waals surface area contributed by atoms with Crippen molar-refractivity contribution in [3.8, 4) is 0 Å². The van der Waals surface area contributed by atoms with Crippen molar-refractivity contribution in [2.45, 2.75) is 105 Å². The van der Waals surface area contributed by atoms with Crippen LogP contribution in [0.3, 0.4) is 0 Å². The fraction of sp³-hybridized carbons (Fsp3) is 0.897. The first kappa shape index (κ1) is 53.4. The minimum absolute atomic E-state index is 0. The van der Waals surface area contributed by atoms with Gasteiger partial charge in [0.05, 0.1) is 0 Å². The molecule has 0 N–H and O–H groups in total. The van der Waals surface area contributed by atoms with Crippen LogP contribution < -0.4 is 0 Å². The van der Waals surface area contributed by atoms with Gasteiger partial charge >= 0.3 is 51.2 Å². The molecule has 0 aromatic heterocycles. The van der Waals surface area contributed by atoms with Gasteiger partial charge in [0.15, 0.2) is 0 Å². The van der Waals surface area contributed by atoms with E-state index < -0.39 is 0 Å². The van der Waals surface area contributed by atoms with Crippen LogP contribution in [0.5, 0.6) is 0 Å². The summed E-state index contributed by atoms with van der Waals surface area (Å²) in [6, 6.07) is 0.799. The molecule has 0 aliphatic carbocycles. The molecule has 0 rings (SSSR count). The summed E-state index contributed by atoms with van der Waals surface area (Å²) in [6.45, 7) is 26.4. The van der Waals surface area contributed by atoms with Crippen molar-refractivity contribution in [2.75, 3.05) is 68.5 Å². The van der Waals surface area contributed by atoms with Crippen LogP contribution in [0, 0.1) is 0 Å². The number of rotatable bonds is 12. The number of hydrogen-bond donors (Lipinski definition) is 0. The Morgan fingerprint density at radius 1 is 0.610 bits per heavy atom. The van der Waals surface area contributed by atoms with Crippen molar-refractivity contribution in [2.24, 2.45) is 15.0 Å². The molecule has 2 unspecified atom stereocenters. The fourth-order valence-corrected chi connectivity index (χ4v) is 2.00. The molecule has 12 heteroatoms. The molecule has 2 atom stereocenters. The second-order valence-corrected chi connectivity index (χ2v) is 13.4. The Kier molecular flexibility index (Phi) is 37.3. The van der Waals surface area contributed by atoms with Gasteiger partial charge in [0, 0.05) is 6.04 Å². The van der Waals surface area contributed by atoms with Crippen LogP contribution in [0.1, 0.15) is 76.2 Å². The molecule has 9 nitrogen and oxygen atoms in total. The van der Waals surface area contributed by atoms with Gasteiger partial charge < -0.3 is 45.6 Å². The van der Waals surface area contributed by atoms with Gasteiger partial charge in [-0.2, -0.15) is 0 Å². The van der Waals surface area contributed by atoms with Gasteiger partial charge in [-0.05, 0) is 98.0 Å². The molecule has 0 saturated carbocycles. The summed E-state index contributed by atoms with van der Waals surface area (Å²) in [5.41, 5.74) is -0.0200. The second-order valence-electron chi connectivity index (χ2n) is 13.4. The number of nitrogens with zero attached hydrogens (tertiary/aromatic N) is 9. The second kappa shape index (κ2) is 28.6. The van der Waals surface area contributed by atoms with Crippen LogP contribution in [0.25, 0.3) is 16.0 Å². The topological polar surface area (TPSA) is 89.1 Å². The molecule has 258 valence electrons. The van der Waals surface area contributed by atoms with Gasteiger partial charge in [0.2, 0.25) is 0 Å². The van der Waals surface area contributed by atoms with Crippen molar-refractivity contribution >= 4 is 19.0 Å². The van der Waals surface area contributed by atoms with Crippen molar-refractivity contribution in [1.82, 2.24) is 14.7 Å². The average Bonchev–Trinajstić information content (AvgIpc) is 2.68. The van der Waals surface area contributed by atoms with Crippen LogP contribution in [0.4, 0.5) is 0 Å². The van der Waals surface area contributed by atoms with Gasteiger partial charge in [-0.15, -0.1) is 19.0 Å². The zero-order chi connectivity index (χ0) is 30.6. The summed E-state index contributed by atoms with van der Waals surface area (Å²) >= 11 is 0. The maximum atomic E-state index is 4.32. The summed E-state index contributed by atoms with van der Waals surface area (Å²) in [4.78, 5) is 19.2. The van der Waals surface area contributed by atoms with Crippen LogP contribution in [0.15, 0.2) is 15.0 Å². The maximum Gasteiger partial charge on any atom is 1.00 e. The predicted molar refractivity (Wildman–Crippen MR) is 174 cm³/mol. The third-order valence-electron chi connectivity index (χ3n) is 4.38. The Bertz CT molecular complexity index is 635. The molecule has 0 aromatic rings. The smallest absolute Gasteiger partial charge is 0.471 e. The quantitative estimate of drug-likeness (QED) is 0.107. The van der Waals surface area contributed by atoms with E-state index in [0.717, 1.165) is 26.2 Å². The molecule has 0 aliphatic rings. The SMILES string of the molecule is CC(CN(C)C)[N-]C=NC(C)(C)C.CC(C[N-]C=NC(C)(C)C)N(C)C.CN(C)CC[N-]C=NC(C)(C)C.[Cu+].[Cu+].[Cu+]. The summed E-state index contributed by atoms with van der Waals surface area (Å²) < 4.78 is 0. The minimum Gasteiger partial charge on any atom is -0.471 e. The van der Waals surface area contributed by atoms with E-state index in [0.29, 0.717) is 12.1 Å². The minimum atomic E-state index is -0.0126. The van der Waals surface area contributed by atoms with E-state index in [-0.39, 0.29) is 67.8 Å². The first-order valence-electron chi connectivity index (χ1n) is 13.7. The number of aliphatic imine (C=N–C) groups is 3. The first-order valence-corrected chi connectivity index (χ1v) is 13.7. The van der Waals surface area contributed by atoms with E-state index in [1.54, 1.807) is 19.0 Å². The molecule has 0 fully saturated rings. The zero-order valence-electron chi connectivity index (χ0n) is 29.1. The molecule has 0 saturated heterocycles. The Hall–Kier alpha value is -0.152. The molecule has 0 spiro atoms. The van der Waals surface area contributed by atoms with Crippen LogP contribution in [-0.4, -0.2) is 131 Å². The molecule has 0 radical (unpaired) electrons. The van der Waals surface area contributed by atoms with E-state index in [2.05, 4.69) is 136 Å². The van der Waals surface area contributed by atoms with E-state index in [1.807, 2.05) is 28.2 Å². The normalized spacial score (nSPS) is 13.5.